The molecule has 2 aliphatic rings. The predicted molar refractivity (Wildman–Crippen MR) is 264 cm³/mol. The summed E-state index contributed by atoms with van der Waals surface area (Å²) in [6.45, 7) is 0. The Bertz CT molecular complexity index is 3200. The zero-order valence-corrected chi connectivity index (χ0v) is 35.2. The Morgan fingerprint density at radius 1 is 0.246 bits per heavy atom. The van der Waals surface area contributed by atoms with Gasteiger partial charge in [0.05, 0.1) is 5.41 Å². The minimum atomic E-state index is -0.522. The van der Waals surface area contributed by atoms with Gasteiger partial charge in [-0.15, -0.1) is 0 Å². The van der Waals surface area contributed by atoms with E-state index in [2.05, 4.69) is 180 Å². The van der Waals surface area contributed by atoms with Crippen molar-refractivity contribution in [1.82, 2.24) is 0 Å². The average Bonchev–Trinajstić information content (AvgIpc) is 3.81. The molecule has 12 rings (SSSR count). The molecule has 0 bridgehead atoms. The van der Waals surface area contributed by atoms with E-state index in [-0.39, 0.29) is 11.6 Å². The molecule has 0 fully saturated rings. The fourth-order valence-corrected chi connectivity index (χ4v) is 10.2. The zero-order chi connectivity index (χ0) is 43.5. The van der Waals surface area contributed by atoms with Crippen LogP contribution >= 0.6 is 0 Å². The van der Waals surface area contributed by atoms with E-state index >= 15 is 0 Å². The molecule has 0 aromatic heterocycles. The topological polar surface area (TPSA) is 24.1 Å². The minimum Gasteiger partial charge on any atom is -0.356 e. The number of fused-ring (bicyclic) bond motifs is 10. The van der Waals surface area contributed by atoms with Gasteiger partial charge in [-0.1, -0.05) is 146 Å². The van der Waals surface area contributed by atoms with Crippen LogP contribution in [-0.4, -0.2) is 0 Å². The maximum Gasteiger partial charge on any atom is 0.123 e. The lowest BCUT2D eigenvalue weighted by atomic mass is 9.70. The molecule has 10 aromatic carbocycles. The highest BCUT2D eigenvalue weighted by atomic mass is 19.1. The summed E-state index contributed by atoms with van der Waals surface area (Å²) in [6.07, 6.45) is 0. The molecule has 65 heavy (non-hydrogen) atoms. The van der Waals surface area contributed by atoms with Crippen LogP contribution in [0.4, 0.5) is 31.5 Å². The molecule has 0 unspecified atom stereocenters. The van der Waals surface area contributed by atoms with E-state index in [0.717, 1.165) is 67.3 Å². The van der Waals surface area contributed by atoms with Crippen LogP contribution < -0.4 is 10.6 Å². The van der Waals surface area contributed by atoms with E-state index < -0.39 is 5.41 Å². The molecule has 10 aromatic rings. The molecule has 0 aliphatic heterocycles. The van der Waals surface area contributed by atoms with Gasteiger partial charge in [0.25, 0.3) is 0 Å². The number of hydrogen-bond donors (Lipinski definition) is 2. The van der Waals surface area contributed by atoms with Crippen LogP contribution in [-0.2, 0) is 5.41 Å². The van der Waals surface area contributed by atoms with E-state index in [4.69, 9.17) is 0 Å². The van der Waals surface area contributed by atoms with Gasteiger partial charge in [-0.2, -0.15) is 0 Å². The second kappa shape index (κ2) is 15.5. The van der Waals surface area contributed by atoms with E-state index in [1.54, 1.807) is 0 Å². The first kappa shape index (κ1) is 38.3. The Labute approximate surface area is 377 Å². The smallest absolute Gasteiger partial charge is 0.123 e. The third-order valence-electron chi connectivity index (χ3n) is 13.2. The summed E-state index contributed by atoms with van der Waals surface area (Å²) in [7, 11) is 0. The van der Waals surface area contributed by atoms with E-state index in [1.807, 2.05) is 36.4 Å². The summed E-state index contributed by atoms with van der Waals surface area (Å²) in [5, 5.41) is 7.50. The maximum absolute atomic E-state index is 13.6. The van der Waals surface area contributed by atoms with Crippen molar-refractivity contribution < 1.29 is 8.78 Å². The Balaban J connectivity index is 0.871. The predicted octanol–water partition coefficient (Wildman–Crippen LogP) is 16.5. The van der Waals surface area contributed by atoms with Crippen LogP contribution in [0.25, 0.3) is 66.8 Å². The van der Waals surface area contributed by atoms with Crippen molar-refractivity contribution in [3.8, 4) is 66.8 Å². The van der Waals surface area contributed by atoms with Gasteiger partial charge in [-0.3, -0.25) is 0 Å². The van der Waals surface area contributed by atoms with Gasteiger partial charge in [0.2, 0.25) is 0 Å². The SMILES string of the molecule is Fc1ccc(-c2cccc(-c3ccc(Nc4ccc5c(c4)C4(c6ccccc6-5)c5ccccc5-c5ccc(Nc6ccc(-c7cccc(-c8ccc(F)cc8)c7)cc6)cc54)cc3)c2)cc1. The summed E-state index contributed by atoms with van der Waals surface area (Å²) in [6, 6.07) is 78.6. The summed E-state index contributed by atoms with van der Waals surface area (Å²) in [5.41, 5.74) is 22.1. The summed E-state index contributed by atoms with van der Waals surface area (Å²) in [5.74, 6) is -0.473. The van der Waals surface area contributed by atoms with Crippen molar-refractivity contribution >= 4 is 22.7 Å². The summed E-state index contributed by atoms with van der Waals surface area (Å²) < 4.78 is 27.3. The van der Waals surface area contributed by atoms with Gasteiger partial charge in [0.1, 0.15) is 11.6 Å². The second-order valence-corrected chi connectivity index (χ2v) is 16.9. The number of benzene rings is 10. The third kappa shape index (κ3) is 6.61. The Hall–Kier alpha value is -8.34. The summed E-state index contributed by atoms with van der Waals surface area (Å²) >= 11 is 0. The molecule has 0 saturated heterocycles. The maximum atomic E-state index is 13.6. The molecule has 0 saturated carbocycles. The van der Waals surface area contributed by atoms with Crippen molar-refractivity contribution in [2.75, 3.05) is 10.6 Å². The first-order chi connectivity index (χ1) is 32.0. The van der Waals surface area contributed by atoms with E-state index in [9.17, 15) is 8.78 Å². The Morgan fingerprint density at radius 2 is 0.569 bits per heavy atom. The molecule has 0 radical (unpaired) electrons. The highest BCUT2D eigenvalue weighted by molar-refractivity contribution is 5.96. The molecule has 2 nitrogen and oxygen atoms in total. The van der Waals surface area contributed by atoms with Crippen LogP contribution in [0.2, 0.25) is 0 Å². The van der Waals surface area contributed by atoms with Gasteiger partial charge in [0, 0.05) is 22.7 Å². The molecular weight excluding hydrogens is 799 g/mol. The standard InChI is InChI=1S/C61H40F2N2/c62-47-23-15-39(16-24-47)43-7-5-9-45(35-43)41-19-27-49(28-20-41)64-51-31-33-55-53-11-1-3-13-57(53)61(59(55)37-51)58-14-4-2-12-54(58)56-34-32-52(38-60(56)61)65-50-29-21-42(22-30-50)46-10-6-8-44(36-46)40-17-25-48(63)26-18-40/h1-38,64-65H. The quantitative estimate of drug-likeness (QED) is 0.159. The molecule has 0 atom stereocenters. The number of hydrogen-bond acceptors (Lipinski definition) is 2. The van der Waals surface area contributed by atoms with Crippen molar-refractivity contribution in [2.24, 2.45) is 0 Å². The van der Waals surface area contributed by atoms with Crippen LogP contribution in [0.3, 0.4) is 0 Å². The van der Waals surface area contributed by atoms with Crippen molar-refractivity contribution in [3.05, 3.63) is 264 Å². The second-order valence-electron chi connectivity index (χ2n) is 16.9. The minimum absolute atomic E-state index is 0.237. The van der Waals surface area contributed by atoms with Crippen molar-refractivity contribution in [3.63, 3.8) is 0 Å². The molecule has 0 heterocycles. The molecular formula is C61H40F2N2. The number of halogens is 2. The zero-order valence-electron chi connectivity index (χ0n) is 35.2. The van der Waals surface area contributed by atoms with Gasteiger partial charge in [0.15, 0.2) is 0 Å². The molecule has 308 valence electrons. The molecule has 4 heteroatoms. The fourth-order valence-electron chi connectivity index (χ4n) is 10.2. The molecule has 1 spiro atoms. The highest BCUT2D eigenvalue weighted by Crippen LogP contribution is 2.63. The lowest BCUT2D eigenvalue weighted by molar-refractivity contribution is 0.627. The largest absolute Gasteiger partial charge is 0.356 e. The average molecular weight is 839 g/mol. The monoisotopic (exact) mass is 838 g/mol. The summed E-state index contributed by atoms with van der Waals surface area (Å²) in [4.78, 5) is 0. The number of rotatable bonds is 8. The number of nitrogens with one attached hydrogen (secondary N) is 2. The molecule has 2 N–H and O–H groups in total. The van der Waals surface area contributed by atoms with Crippen LogP contribution in [0, 0.1) is 11.6 Å². The lowest BCUT2D eigenvalue weighted by Crippen LogP contribution is -2.26. The molecule has 2 aliphatic carbocycles. The lowest BCUT2D eigenvalue weighted by Gasteiger charge is -2.31. The number of anilines is 4. The van der Waals surface area contributed by atoms with Crippen LogP contribution in [0.15, 0.2) is 231 Å². The fraction of sp³-hybridized carbons (Fsp3) is 0.0164. The first-order valence-corrected chi connectivity index (χ1v) is 21.9. The highest BCUT2D eigenvalue weighted by Gasteiger charge is 2.51. The third-order valence-corrected chi connectivity index (χ3v) is 13.2. The van der Waals surface area contributed by atoms with E-state index in [1.165, 1.54) is 68.8 Å². The Kier molecular flexibility index (Phi) is 9.13. The van der Waals surface area contributed by atoms with Crippen LogP contribution in [0.1, 0.15) is 22.3 Å². The Morgan fingerprint density at radius 3 is 0.954 bits per heavy atom. The van der Waals surface area contributed by atoms with E-state index in [0.29, 0.717) is 0 Å². The first-order valence-electron chi connectivity index (χ1n) is 21.9. The molecule has 0 amide bonds. The van der Waals surface area contributed by atoms with Crippen molar-refractivity contribution in [1.29, 1.82) is 0 Å². The van der Waals surface area contributed by atoms with Gasteiger partial charge < -0.3 is 10.6 Å². The van der Waals surface area contributed by atoms with Gasteiger partial charge >= 0.3 is 0 Å². The van der Waals surface area contributed by atoms with Crippen LogP contribution in [0.5, 0.6) is 0 Å². The van der Waals surface area contributed by atoms with Gasteiger partial charge in [-0.05, 0) is 174 Å². The normalized spacial score (nSPS) is 12.6. The van der Waals surface area contributed by atoms with Gasteiger partial charge in [-0.25, -0.2) is 8.78 Å². The van der Waals surface area contributed by atoms with Crippen molar-refractivity contribution in [2.45, 2.75) is 5.41 Å².